The summed E-state index contributed by atoms with van der Waals surface area (Å²) in [5.41, 5.74) is 1.73. The minimum absolute atomic E-state index is 0.0525. The van der Waals surface area contributed by atoms with Crippen LogP contribution in [0.4, 0.5) is 0 Å². The number of aromatic nitrogens is 1. The molecule has 1 aromatic carbocycles. The van der Waals surface area contributed by atoms with E-state index in [1.165, 1.54) is 12.3 Å². The molecule has 1 amide bonds. The van der Waals surface area contributed by atoms with Crippen LogP contribution in [0.3, 0.4) is 0 Å². The molecule has 3 N–H and O–H groups in total. The summed E-state index contributed by atoms with van der Waals surface area (Å²) in [6.07, 6.45) is 0.919. The number of carboxylic acids is 1. The van der Waals surface area contributed by atoms with Crippen molar-refractivity contribution in [3.63, 3.8) is 0 Å². The molecule has 2 rings (SSSR count). The van der Waals surface area contributed by atoms with Crippen LogP contribution in [-0.2, 0) is 4.79 Å². The number of halogens is 1. The Morgan fingerprint density at radius 1 is 1.35 bits per heavy atom. The van der Waals surface area contributed by atoms with Crippen molar-refractivity contribution in [2.45, 2.75) is 19.4 Å². The normalized spacial score (nSPS) is 11.7. The summed E-state index contributed by atoms with van der Waals surface area (Å²) in [5.74, 6) is -1.92. The van der Waals surface area contributed by atoms with E-state index < -0.39 is 17.9 Å². The summed E-state index contributed by atoms with van der Waals surface area (Å²) in [6, 6.07) is 7.81. The van der Waals surface area contributed by atoms with Crippen molar-refractivity contribution in [3.05, 3.63) is 58.2 Å². The molecule has 0 aliphatic heterocycles. The summed E-state index contributed by atoms with van der Waals surface area (Å²) in [5, 5.41) is 21.0. The molecule has 1 atom stereocenters. The molecule has 23 heavy (non-hydrogen) atoms. The fourth-order valence-electron chi connectivity index (χ4n) is 2.19. The molecule has 0 saturated carbocycles. The summed E-state index contributed by atoms with van der Waals surface area (Å²) >= 11 is 5.73. The zero-order valence-electron chi connectivity index (χ0n) is 12.3. The predicted octanol–water partition coefficient (Wildman–Crippen LogP) is 2.69. The van der Waals surface area contributed by atoms with Crippen LogP contribution < -0.4 is 5.32 Å². The molecule has 1 aromatic heterocycles. The Kier molecular flexibility index (Phi) is 5.18. The Morgan fingerprint density at radius 3 is 2.65 bits per heavy atom. The number of aryl methyl sites for hydroxylation is 1. The van der Waals surface area contributed by atoms with E-state index in [2.05, 4.69) is 10.3 Å². The predicted molar refractivity (Wildman–Crippen MR) is 84.6 cm³/mol. The molecule has 0 radical (unpaired) electrons. The number of rotatable bonds is 5. The molecule has 0 bridgehead atoms. The first-order valence-corrected chi connectivity index (χ1v) is 7.19. The van der Waals surface area contributed by atoms with E-state index in [4.69, 9.17) is 16.7 Å². The van der Waals surface area contributed by atoms with Gasteiger partial charge in [-0.05, 0) is 24.1 Å². The van der Waals surface area contributed by atoms with E-state index in [-0.39, 0.29) is 22.9 Å². The third kappa shape index (κ3) is 4.20. The fraction of sp³-hybridized carbons (Fsp3) is 0.188. The number of carbonyl (C=O) groups is 2. The van der Waals surface area contributed by atoms with Gasteiger partial charge in [0.2, 0.25) is 5.88 Å². The lowest BCUT2D eigenvalue weighted by Crippen LogP contribution is -2.30. The largest absolute Gasteiger partial charge is 0.492 e. The van der Waals surface area contributed by atoms with Gasteiger partial charge in [-0.1, -0.05) is 35.9 Å². The van der Waals surface area contributed by atoms with Gasteiger partial charge in [-0.3, -0.25) is 9.59 Å². The SMILES string of the molecule is Cc1ccccc1[C@H](CC(=O)O)NC(=O)c1cnc(O)c(Cl)c1. The maximum absolute atomic E-state index is 12.3. The quantitative estimate of drug-likeness (QED) is 0.780. The van der Waals surface area contributed by atoms with Crippen LogP contribution in [0.25, 0.3) is 0 Å². The second-order valence-corrected chi connectivity index (χ2v) is 5.42. The van der Waals surface area contributed by atoms with Crippen LogP contribution in [0.5, 0.6) is 5.88 Å². The van der Waals surface area contributed by atoms with Crippen molar-refractivity contribution in [3.8, 4) is 5.88 Å². The lowest BCUT2D eigenvalue weighted by atomic mass is 9.98. The number of nitrogens with one attached hydrogen (secondary N) is 1. The third-order valence-corrected chi connectivity index (χ3v) is 3.61. The average Bonchev–Trinajstić information content (AvgIpc) is 2.49. The topological polar surface area (TPSA) is 99.5 Å². The van der Waals surface area contributed by atoms with Gasteiger partial charge < -0.3 is 15.5 Å². The number of aliphatic carboxylic acids is 1. The van der Waals surface area contributed by atoms with Crippen LogP contribution in [0, 0.1) is 6.92 Å². The van der Waals surface area contributed by atoms with Crippen molar-refractivity contribution >= 4 is 23.5 Å². The van der Waals surface area contributed by atoms with Gasteiger partial charge in [-0.25, -0.2) is 4.98 Å². The number of benzene rings is 1. The van der Waals surface area contributed by atoms with Crippen LogP contribution in [-0.4, -0.2) is 27.1 Å². The maximum Gasteiger partial charge on any atom is 0.305 e. The minimum atomic E-state index is -1.03. The number of amides is 1. The van der Waals surface area contributed by atoms with Crippen LogP contribution in [0.2, 0.25) is 5.02 Å². The van der Waals surface area contributed by atoms with Crippen LogP contribution in [0.15, 0.2) is 36.5 Å². The molecule has 0 aliphatic carbocycles. The van der Waals surface area contributed by atoms with E-state index in [0.29, 0.717) is 0 Å². The number of pyridine rings is 1. The number of hydrogen-bond donors (Lipinski definition) is 3. The smallest absolute Gasteiger partial charge is 0.305 e. The summed E-state index contributed by atoms with van der Waals surface area (Å²) in [4.78, 5) is 27.0. The molecule has 0 aliphatic rings. The summed E-state index contributed by atoms with van der Waals surface area (Å²) in [7, 11) is 0. The van der Waals surface area contributed by atoms with Gasteiger partial charge >= 0.3 is 5.97 Å². The monoisotopic (exact) mass is 334 g/mol. The van der Waals surface area contributed by atoms with E-state index >= 15 is 0 Å². The van der Waals surface area contributed by atoms with Gasteiger partial charge in [-0.2, -0.15) is 0 Å². The number of aromatic hydroxyl groups is 1. The highest BCUT2D eigenvalue weighted by atomic mass is 35.5. The molecule has 120 valence electrons. The van der Waals surface area contributed by atoms with Gasteiger partial charge in [0, 0.05) is 6.20 Å². The molecule has 7 heteroatoms. The first-order chi connectivity index (χ1) is 10.9. The summed E-state index contributed by atoms with van der Waals surface area (Å²) < 4.78 is 0. The molecular formula is C16H15ClN2O4. The Hall–Kier alpha value is -2.60. The summed E-state index contributed by atoms with van der Waals surface area (Å²) in [6.45, 7) is 1.84. The lowest BCUT2D eigenvalue weighted by molar-refractivity contribution is -0.137. The van der Waals surface area contributed by atoms with Crippen molar-refractivity contribution < 1.29 is 19.8 Å². The Labute approximate surface area is 137 Å². The van der Waals surface area contributed by atoms with Gasteiger partial charge in [0.1, 0.15) is 5.02 Å². The molecule has 0 fully saturated rings. The van der Waals surface area contributed by atoms with Crippen molar-refractivity contribution in [2.75, 3.05) is 0 Å². The van der Waals surface area contributed by atoms with E-state index in [9.17, 15) is 14.7 Å². The third-order valence-electron chi connectivity index (χ3n) is 3.33. The van der Waals surface area contributed by atoms with Gasteiger partial charge in [0.25, 0.3) is 5.91 Å². The maximum atomic E-state index is 12.3. The minimum Gasteiger partial charge on any atom is -0.492 e. The van der Waals surface area contributed by atoms with Gasteiger partial charge in [-0.15, -0.1) is 0 Å². The number of carbonyl (C=O) groups excluding carboxylic acids is 1. The second-order valence-electron chi connectivity index (χ2n) is 5.01. The molecular weight excluding hydrogens is 320 g/mol. The highest BCUT2D eigenvalue weighted by molar-refractivity contribution is 6.32. The zero-order valence-corrected chi connectivity index (χ0v) is 13.0. The van der Waals surface area contributed by atoms with E-state index in [1.54, 1.807) is 12.1 Å². The first-order valence-electron chi connectivity index (χ1n) is 6.81. The molecule has 1 heterocycles. The highest BCUT2D eigenvalue weighted by Crippen LogP contribution is 2.23. The molecule has 6 nitrogen and oxygen atoms in total. The van der Waals surface area contributed by atoms with Crippen molar-refractivity contribution in [2.24, 2.45) is 0 Å². The van der Waals surface area contributed by atoms with E-state index in [1.807, 2.05) is 19.1 Å². The Morgan fingerprint density at radius 2 is 2.04 bits per heavy atom. The van der Waals surface area contributed by atoms with Crippen LogP contribution in [0.1, 0.15) is 33.9 Å². The van der Waals surface area contributed by atoms with E-state index in [0.717, 1.165) is 11.1 Å². The Balaban J connectivity index is 2.27. The first kappa shape index (κ1) is 16.8. The van der Waals surface area contributed by atoms with Gasteiger partial charge in [0.05, 0.1) is 18.0 Å². The fourth-order valence-corrected chi connectivity index (χ4v) is 2.35. The van der Waals surface area contributed by atoms with Crippen LogP contribution >= 0.6 is 11.6 Å². The second kappa shape index (κ2) is 7.11. The standard InChI is InChI=1S/C16H15ClN2O4/c1-9-4-2-3-5-11(9)13(7-14(20)21)19-15(22)10-6-12(17)16(23)18-8-10/h2-6,8,13H,7H2,1H3,(H,18,23)(H,19,22)(H,20,21)/t13-/m0/s1. The molecule has 2 aromatic rings. The number of carboxylic acid groups (broad SMARTS) is 1. The van der Waals surface area contributed by atoms with Crippen molar-refractivity contribution in [1.29, 1.82) is 0 Å². The molecule has 0 spiro atoms. The number of hydrogen-bond acceptors (Lipinski definition) is 4. The highest BCUT2D eigenvalue weighted by Gasteiger charge is 2.21. The Bertz CT molecular complexity index is 749. The lowest BCUT2D eigenvalue weighted by Gasteiger charge is -2.19. The van der Waals surface area contributed by atoms with Gasteiger partial charge in [0.15, 0.2) is 0 Å². The average molecular weight is 335 g/mol. The zero-order chi connectivity index (χ0) is 17.0. The van der Waals surface area contributed by atoms with Crippen molar-refractivity contribution in [1.82, 2.24) is 10.3 Å². The molecule has 0 unspecified atom stereocenters. The number of nitrogens with zero attached hydrogens (tertiary/aromatic N) is 1. The molecule has 0 saturated heterocycles.